The van der Waals surface area contributed by atoms with Crippen molar-refractivity contribution in [3.63, 3.8) is 0 Å². The molecule has 5 atom stereocenters. The predicted octanol–water partition coefficient (Wildman–Crippen LogP) is 2.15. The molecule has 0 aromatic heterocycles. The number of rotatable bonds is 6. The summed E-state index contributed by atoms with van der Waals surface area (Å²) in [5, 5.41) is 2.66. The summed E-state index contributed by atoms with van der Waals surface area (Å²) >= 11 is 0. The Morgan fingerprint density at radius 3 is 2.24 bits per heavy atom. The maximum atomic E-state index is 12.8. The van der Waals surface area contributed by atoms with Crippen molar-refractivity contribution in [3.05, 3.63) is 29.8 Å². The molecule has 2 bridgehead atoms. The fourth-order valence-corrected chi connectivity index (χ4v) is 5.20. The second kappa shape index (κ2) is 7.61. The average molecular weight is 398 g/mol. The zero-order valence-electron chi connectivity index (χ0n) is 16.7. The van der Waals surface area contributed by atoms with Crippen molar-refractivity contribution in [2.24, 2.45) is 23.7 Å². The van der Waals surface area contributed by atoms with Gasteiger partial charge in [0.25, 0.3) is 5.91 Å². The first-order valence-corrected chi connectivity index (χ1v) is 10.3. The Labute approximate surface area is 169 Å². The van der Waals surface area contributed by atoms with Crippen LogP contribution in [0.4, 0.5) is 5.69 Å². The largest absolute Gasteiger partial charge is 0.454 e. The first-order chi connectivity index (χ1) is 13.9. The number of benzene rings is 1. The van der Waals surface area contributed by atoms with Gasteiger partial charge in [-0.1, -0.05) is 19.1 Å². The summed E-state index contributed by atoms with van der Waals surface area (Å²) in [5.74, 6) is -1.73. The molecule has 7 nitrogen and oxygen atoms in total. The maximum absolute atomic E-state index is 12.8. The van der Waals surface area contributed by atoms with Gasteiger partial charge >= 0.3 is 5.97 Å². The minimum absolute atomic E-state index is 0.253. The number of ether oxygens (including phenoxy) is 1. The van der Waals surface area contributed by atoms with Crippen LogP contribution in [0.2, 0.25) is 0 Å². The van der Waals surface area contributed by atoms with Gasteiger partial charge in [-0.3, -0.25) is 19.3 Å². The topological polar surface area (TPSA) is 92.8 Å². The molecule has 0 radical (unpaired) electrons. The first-order valence-electron chi connectivity index (χ1n) is 10.3. The lowest BCUT2D eigenvalue weighted by Crippen LogP contribution is -2.45. The van der Waals surface area contributed by atoms with Crippen LogP contribution in [-0.4, -0.2) is 41.2 Å². The van der Waals surface area contributed by atoms with Gasteiger partial charge in [0.05, 0.1) is 11.8 Å². The van der Waals surface area contributed by atoms with E-state index in [9.17, 15) is 19.2 Å². The van der Waals surface area contributed by atoms with E-state index in [2.05, 4.69) is 5.32 Å². The number of imide groups is 1. The van der Waals surface area contributed by atoms with E-state index in [4.69, 9.17) is 4.74 Å². The van der Waals surface area contributed by atoms with Gasteiger partial charge in [0.15, 0.2) is 6.61 Å². The molecular weight excluding hydrogens is 372 g/mol. The molecule has 1 saturated heterocycles. The molecule has 1 heterocycles. The van der Waals surface area contributed by atoms with Gasteiger partial charge in [0.2, 0.25) is 11.8 Å². The van der Waals surface area contributed by atoms with E-state index in [1.165, 1.54) is 6.92 Å². The number of anilines is 1. The average Bonchev–Trinajstić information content (AvgIpc) is 3.40. The molecule has 7 heteroatoms. The van der Waals surface area contributed by atoms with Crippen molar-refractivity contribution in [2.45, 2.75) is 45.6 Å². The first kappa shape index (κ1) is 19.6. The lowest BCUT2D eigenvalue weighted by Gasteiger charge is -2.23. The predicted molar refractivity (Wildman–Crippen MR) is 105 cm³/mol. The number of amides is 3. The van der Waals surface area contributed by atoms with E-state index in [0.29, 0.717) is 5.69 Å². The van der Waals surface area contributed by atoms with Crippen LogP contribution in [0, 0.1) is 23.7 Å². The van der Waals surface area contributed by atoms with Crippen molar-refractivity contribution >= 4 is 29.4 Å². The second-order valence-corrected chi connectivity index (χ2v) is 8.31. The normalized spacial score (nSPS) is 28.4. The Morgan fingerprint density at radius 2 is 1.69 bits per heavy atom. The molecule has 4 rings (SSSR count). The molecule has 2 saturated carbocycles. The van der Waals surface area contributed by atoms with E-state index >= 15 is 0 Å². The number of hydrogen-bond donors (Lipinski definition) is 1. The minimum Gasteiger partial charge on any atom is -0.454 e. The zero-order chi connectivity index (χ0) is 20.7. The van der Waals surface area contributed by atoms with Crippen LogP contribution >= 0.6 is 0 Å². The zero-order valence-corrected chi connectivity index (χ0v) is 16.7. The standard InChI is InChI=1S/C22H26N2O5/c1-3-13-4-8-16(9-5-13)23-17(25)11-29-22(28)12(2)24-20(26)18-14-6-7-15(10-14)19(18)21(24)27/h4-5,8-9,12,14-15,18-19H,3,6-7,10-11H2,1-2H3,(H,23,25)/t12-,14-,15-,18+,19+/m0/s1. The molecule has 1 aromatic carbocycles. The monoisotopic (exact) mass is 398 g/mol. The number of nitrogens with one attached hydrogen (secondary N) is 1. The highest BCUT2D eigenvalue weighted by Gasteiger charge is 2.62. The van der Waals surface area contributed by atoms with Crippen LogP contribution in [0.15, 0.2) is 24.3 Å². The smallest absolute Gasteiger partial charge is 0.329 e. The van der Waals surface area contributed by atoms with Crippen molar-refractivity contribution in [1.29, 1.82) is 0 Å². The van der Waals surface area contributed by atoms with Gasteiger partial charge in [0, 0.05) is 5.69 Å². The summed E-state index contributed by atoms with van der Waals surface area (Å²) in [7, 11) is 0. The van der Waals surface area contributed by atoms with E-state index < -0.39 is 24.5 Å². The third kappa shape index (κ3) is 3.43. The van der Waals surface area contributed by atoms with Gasteiger partial charge in [-0.05, 0) is 62.1 Å². The number of carbonyl (C=O) groups is 4. The number of nitrogens with zero attached hydrogens (tertiary/aromatic N) is 1. The maximum Gasteiger partial charge on any atom is 0.329 e. The number of hydrogen-bond acceptors (Lipinski definition) is 5. The summed E-state index contributed by atoms with van der Waals surface area (Å²) in [6.45, 7) is 3.07. The minimum atomic E-state index is -1.02. The van der Waals surface area contributed by atoms with Crippen LogP contribution in [0.3, 0.4) is 0 Å². The highest BCUT2D eigenvalue weighted by Crippen LogP contribution is 2.56. The molecule has 0 spiro atoms. The molecule has 3 fully saturated rings. The molecule has 154 valence electrons. The molecule has 0 unspecified atom stereocenters. The fraction of sp³-hybridized carbons (Fsp3) is 0.545. The van der Waals surface area contributed by atoms with Crippen molar-refractivity contribution in [2.75, 3.05) is 11.9 Å². The lowest BCUT2D eigenvalue weighted by molar-refractivity contribution is -0.159. The van der Waals surface area contributed by atoms with Crippen LogP contribution in [0.5, 0.6) is 0 Å². The van der Waals surface area contributed by atoms with Crippen LogP contribution < -0.4 is 5.32 Å². The molecule has 1 aliphatic heterocycles. The van der Waals surface area contributed by atoms with Crippen LogP contribution in [0.1, 0.15) is 38.7 Å². The van der Waals surface area contributed by atoms with E-state index in [0.717, 1.165) is 36.1 Å². The molecule has 3 amide bonds. The van der Waals surface area contributed by atoms with Crippen LogP contribution in [-0.2, 0) is 30.3 Å². The number of aryl methyl sites for hydroxylation is 1. The third-order valence-electron chi connectivity index (χ3n) is 6.68. The van der Waals surface area contributed by atoms with E-state index in [1.807, 2.05) is 19.1 Å². The molecular formula is C22H26N2O5. The van der Waals surface area contributed by atoms with Gasteiger partial charge in [0.1, 0.15) is 6.04 Å². The number of likely N-dealkylation sites (tertiary alicyclic amines) is 1. The molecule has 2 aliphatic carbocycles. The van der Waals surface area contributed by atoms with Crippen molar-refractivity contribution in [1.82, 2.24) is 4.90 Å². The fourth-order valence-electron chi connectivity index (χ4n) is 5.20. The quantitative estimate of drug-likeness (QED) is 0.585. The van der Waals surface area contributed by atoms with Gasteiger partial charge in [-0.25, -0.2) is 4.79 Å². The van der Waals surface area contributed by atoms with Gasteiger partial charge < -0.3 is 10.1 Å². The van der Waals surface area contributed by atoms with Gasteiger partial charge in [-0.2, -0.15) is 0 Å². The highest BCUT2D eigenvalue weighted by molar-refractivity contribution is 6.08. The van der Waals surface area contributed by atoms with Crippen molar-refractivity contribution in [3.8, 4) is 0 Å². The summed E-state index contributed by atoms with van der Waals surface area (Å²) in [6, 6.07) is 6.39. The van der Waals surface area contributed by atoms with Gasteiger partial charge in [-0.15, -0.1) is 0 Å². The number of esters is 1. The van der Waals surface area contributed by atoms with Crippen LogP contribution in [0.25, 0.3) is 0 Å². The summed E-state index contributed by atoms with van der Waals surface area (Å²) in [5.41, 5.74) is 1.77. The number of carbonyl (C=O) groups excluding carboxylic acids is 4. The van der Waals surface area contributed by atoms with Crippen molar-refractivity contribution < 1.29 is 23.9 Å². The highest BCUT2D eigenvalue weighted by atomic mass is 16.5. The molecule has 1 N–H and O–H groups in total. The second-order valence-electron chi connectivity index (χ2n) is 8.31. The summed E-state index contributed by atoms with van der Waals surface area (Å²) < 4.78 is 5.09. The Kier molecular flexibility index (Phi) is 5.15. The molecule has 29 heavy (non-hydrogen) atoms. The van der Waals surface area contributed by atoms with E-state index in [1.54, 1.807) is 12.1 Å². The lowest BCUT2D eigenvalue weighted by atomic mass is 9.81. The summed E-state index contributed by atoms with van der Waals surface area (Å²) in [6.07, 6.45) is 3.81. The Balaban J connectivity index is 1.32. The SMILES string of the molecule is CCc1ccc(NC(=O)COC(=O)[C@H](C)N2C(=O)[C@@H]3[C@H]4CC[C@@H](C4)[C@H]3C2=O)cc1. The Bertz CT molecular complexity index is 821. The third-order valence-corrected chi connectivity index (χ3v) is 6.68. The molecule has 3 aliphatic rings. The summed E-state index contributed by atoms with van der Waals surface area (Å²) in [4.78, 5) is 51.1. The molecule has 1 aromatic rings. The van der Waals surface area contributed by atoms with E-state index in [-0.39, 0.29) is 35.5 Å². The Hall–Kier alpha value is -2.70. The number of fused-ring (bicyclic) bond motifs is 5. The Morgan fingerprint density at radius 1 is 1.10 bits per heavy atom.